The second-order valence-corrected chi connectivity index (χ2v) is 6.41. The Hall–Kier alpha value is -3.24. The van der Waals surface area contributed by atoms with Gasteiger partial charge in [0.05, 0.1) is 6.04 Å². The third kappa shape index (κ3) is 7.78. The number of nitrogen functional groups attached to an aromatic ring is 1. The van der Waals surface area contributed by atoms with E-state index in [1.807, 2.05) is 0 Å². The van der Waals surface area contributed by atoms with E-state index < -0.39 is 24.3 Å². The lowest BCUT2D eigenvalue weighted by atomic mass is 10.1. The van der Waals surface area contributed by atoms with Gasteiger partial charge in [-0.05, 0) is 6.42 Å². The van der Waals surface area contributed by atoms with Crippen LogP contribution in [-0.2, 0) is 9.59 Å². The fraction of sp³-hybridized carbons (Fsp3) is 0.600. The summed E-state index contributed by atoms with van der Waals surface area (Å²) < 4.78 is 69.3. The predicted octanol–water partition coefficient (Wildman–Crippen LogP) is 1.06. The molecule has 1 aromatic heterocycles. The number of rotatable bonds is 2. The van der Waals surface area contributed by atoms with Crippen molar-refractivity contribution in [2.45, 2.75) is 37.8 Å². The van der Waals surface area contributed by atoms with Crippen molar-refractivity contribution in [3.8, 4) is 5.75 Å². The SMILES string of the molecule is CC[C@@H]1COc2c(nc(N)nc2N2CC(N)C2)N1.O=C(O)C(F)(F)F.O=C(O)C(F)(F)F. The summed E-state index contributed by atoms with van der Waals surface area (Å²) in [5.41, 5.74) is 11.5. The molecule has 182 valence electrons. The van der Waals surface area contributed by atoms with Crippen molar-refractivity contribution in [3.63, 3.8) is 0 Å². The van der Waals surface area contributed by atoms with Crippen LogP contribution in [0.5, 0.6) is 5.75 Å². The van der Waals surface area contributed by atoms with E-state index in [0.717, 1.165) is 25.3 Å². The minimum atomic E-state index is -5.08. The van der Waals surface area contributed by atoms with Gasteiger partial charge in [0.1, 0.15) is 6.61 Å². The van der Waals surface area contributed by atoms with Crippen molar-refractivity contribution in [1.82, 2.24) is 9.97 Å². The smallest absolute Gasteiger partial charge is 0.484 e. The average Bonchev–Trinajstić information content (AvgIpc) is 2.63. The van der Waals surface area contributed by atoms with Crippen molar-refractivity contribution in [3.05, 3.63) is 0 Å². The summed E-state index contributed by atoms with van der Waals surface area (Å²) in [6.07, 6.45) is -9.19. The maximum atomic E-state index is 10.6. The van der Waals surface area contributed by atoms with Crippen LogP contribution >= 0.6 is 0 Å². The lowest BCUT2D eigenvalue weighted by Crippen LogP contribution is -2.56. The summed E-state index contributed by atoms with van der Waals surface area (Å²) in [7, 11) is 0. The average molecular weight is 478 g/mol. The Morgan fingerprint density at radius 1 is 1.12 bits per heavy atom. The number of carboxylic acid groups (broad SMARTS) is 2. The number of aromatic nitrogens is 2. The second-order valence-electron chi connectivity index (χ2n) is 6.41. The van der Waals surface area contributed by atoms with Crippen LogP contribution in [0.1, 0.15) is 13.3 Å². The number of nitrogens with zero attached hydrogens (tertiary/aromatic N) is 3. The molecule has 17 heteroatoms. The summed E-state index contributed by atoms with van der Waals surface area (Å²) in [5, 5.41) is 17.6. The van der Waals surface area contributed by atoms with Gasteiger partial charge in [-0.25, -0.2) is 9.59 Å². The largest absolute Gasteiger partial charge is 0.490 e. The summed E-state index contributed by atoms with van der Waals surface area (Å²) in [4.78, 5) is 28.3. The molecule has 11 nitrogen and oxygen atoms in total. The van der Waals surface area contributed by atoms with Crippen LogP contribution in [0, 0.1) is 0 Å². The van der Waals surface area contributed by atoms with Crippen LogP contribution in [0.4, 0.5) is 43.9 Å². The third-order valence-corrected chi connectivity index (χ3v) is 3.82. The van der Waals surface area contributed by atoms with Gasteiger partial charge in [-0.3, -0.25) is 0 Å². The van der Waals surface area contributed by atoms with Crippen LogP contribution in [-0.4, -0.2) is 76.3 Å². The van der Waals surface area contributed by atoms with Gasteiger partial charge in [0.15, 0.2) is 11.6 Å². The van der Waals surface area contributed by atoms with Crippen molar-refractivity contribution < 1.29 is 50.9 Å². The number of ether oxygens (including phenoxy) is 1. The molecule has 3 heterocycles. The van der Waals surface area contributed by atoms with Gasteiger partial charge >= 0.3 is 24.3 Å². The number of halogens is 6. The number of nitrogens with two attached hydrogens (primary N) is 2. The number of hydrogen-bond acceptors (Lipinski definition) is 9. The van der Waals surface area contributed by atoms with E-state index in [1.54, 1.807) is 0 Å². The van der Waals surface area contributed by atoms with Crippen LogP contribution in [0.3, 0.4) is 0 Å². The highest BCUT2D eigenvalue weighted by Crippen LogP contribution is 2.38. The van der Waals surface area contributed by atoms with Crippen LogP contribution in [0.25, 0.3) is 0 Å². The first-order chi connectivity index (χ1) is 14.6. The number of fused-ring (bicyclic) bond motifs is 1. The molecule has 2 aliphatic rings. The van der Waals surface area contributed by atoms with Gasteiger partial charge in [0.25, 0.3) is 0 Å². The Morgan fingerprint density at radius 3 is 1.97 bits per heavy atom. The highest BCUT2D eigenvalue weighted by Gasteiger charge is 2.39. The molecule has 0 aromatic carbocycles. The summed E-state index contributed by atoms with van der Waals surface area (Å²) in [6, 6.07) is 0.482. The van der Waals surface area contributed by atoms with Gasteiger partial charge in [-0.2, -0.15) is 36.3 Å². The lowest BCUT2D eigenvalue weighted by Gasteiger charge is -2.39. The van der Waals surface area contributed by atoms with E-state index in [-0.39, 0.29) is 18.0 Å². The Morgan fingerprint density at radius 2 is 1.59 bits per heavy atom. The lowest BCUT2D eigenvalue weighted by molar-refractivity contribution is -0.193. The fourth-order valence-corrected chi connectivity index (χ4v) is 2.23. The molecule has 0 radical (unpaired) electrons. The second kappa shape index (κ2) is 10.4. The first-order valence-corrected chi connectivity index (χ1v) is 8.73. The number of carbonyl (C=O) groups is 2. The molecule has 0 aliphatic carbocycles. The number of carboxylic acids is 2. The van der Waals surface area contributed by atoms with Gasteiger partial charge in [-0.15, -0.1) is 0 Å². The molecule has 1 saturated heterocycles. The van der Waals surface area contributed by atoms with Crippen LogP contribution in [0.2, 0.25) is 0 Å². The fourth-order valence-electron chi connectivity index (χ4n) is 2.23. The van der Waals surface area contributed by atoms with Crippen molar-refractivity contribution in [1.29, 1.82) is 0 Å². The van der Waals surface area contributed by atoms with Gasteiger partial charge in [-0.1, -0.05) is 6.92 Å². The number of nitrogens with one attached hydrogen (secondary N) is 1. The zero-order chi connectivity index (χ0) is 24.9. The number of aliphatic carboxylic acids is 2. The molecule has 2 aliphatic heterocycles. The third-order valence-electron chi connectivity index (χ3n) is 3.82. The maximum absolute atomic E-state index is 10.6. The monoisotopic (exact) mass is 478 g/mol. The molecule has 0 bridgehead atoms. The molecule has 0 unspecified atom stereocenters. The van der Waals surface area contributed by atoms with E-state index in [2.05, 4.69) is 27.1 Å². The van der Waals surface area contributed by atoms with E-state index in [0.29, 0.717) is 18.2 Å². The van der Waals surface area contributed by atoms with Crippen LogP contribution < -0.4 is 26.4 Å². The number of alkyl halides is 6. The highest BCUT2D eigenvalue weighted by molar-refractivity contribution is 5.73. The standard InChI is InChI=1S/C11H18N6O.2C2HF3O2/c1-2-7-5-18-8-9(14-7)15-11(13)16-10(8)17-3-6(12)4-17;2*3-2(4,5)1(6)7/h6-7H,2-5,12H2,1H3,(H3,13,14,15,16);2*(H,6,7)/t7-;;/m1../s1. The molecule has 0 spiro atoms. The molecular weight excluding hydrogens is 458 g/mol. The summed E-state index contributed by atoms with van der Waals surface area (Å²) in [6.45, 7) is 4.29. The minimum absolute atomic E-state index is 0.205. The Kier molecular flexibility index (Phi) is 8.69. The number of hydrogen-bond donors (Lipinski definition) is 5. The topological polar surface area (TPSA) is 177 Å². The molecule has 1 aromatic rings. The number of anilines is 3. The Bertz CT molecular complexity index is 791. The zero-order valence-corrected chi connectivity index (χ0v) is 16.4. The molecule has 1 fully saturated rings. The van der Waals surface area contributed by atoms with Crippen molar-refractivity contribution >= 4 is 29.5 Å². The van der Waals surface area contributed by atoms with Crippen molar-refractivity contribution in [2.24, 2.45) is 5.73 Å². The summed E-state index contributed by atoms with van der Waals surface area (Å²) >= 11 is 0. The van der Waals surface area contributed by atoms with Crippen molar-refractivity contribution in [2.75, 3.05) is 35.6 Å². The van der Waals surface area contributed by atoms with E-state index in [1.165, 1.54) is 0 Å². The first kappa shape index (κ1) is 26.8. The van der Waals surface area contributed by atoms with E-state index >= 15 is 0 Å². The molecule has 32 heavy (non-hydrogen) atoms. The van der Waals surface area contributed by atoms with E-state index in [9.17, 15) is 26.3 Å². The molecule has 3 rings (SSSR count). The quantitative estimate of drug-likeness (QED) is 0.384. The molecule has 0 amide bonds. The summed E-state index contributed by atoms with van der Waals surface area (Å²) in [5.74, 6) is -3.12. The zero-order valence-electron chi connectivity index (χ0n) is 16.4. The predicted molar refractivity (Wildman–Crippen MR) is 97.2 cm³/mol. The first-order valence-electron chi connectivity index (χ1n) is 8.73. The molecular formula is C15H20F6N6O5. The van der Waals surface area contributed by atoms with E-state index in [4.69, 9.17) is 36.0 Å². The van der Waals surface area contributed by atoms with Gasteiger partial charge in [0.2, 0.25) is 11.7 Å². The maximum Gasteiger partial charge on any atom is 0.490 e. The molecule has 1 atom stereocenters. The van der Waals surface area contributed by atoms with Gasteiger partial charge in [0, 0.05) is 19.1 Å². The van der Waals surface area contributed by atoms with Gasteiger partial charge < -0.3 is 36.6 Å². The Labute approximate surface area is 176 Å². The highest BCUT2D eigenvalue weighted by atomic mass is 19.4. The molecule has 7 N–H and O–H groups in total. The normalized spacial score (nSPS) is 17.8. The van der Waals surface area contributed by atoms with Crippen LogP contribution in [0.15, 0.2) is 0 Å². The Balaban J connectivity index is 0.000000305. The minimum Gasteiger partial charge on any atom is -0.484 e. The molecule has 0 saturated carbocycles.